The summed E-state index contributed by atoms with van der Waals surface area (Å²) in [7, 11) is 1.99. The van der Waals surface area contributed by atoms with Crippen molar-refractivity contribution in [3.05, 3.63) is 29.6 Å². The Morgan fingerprint density at radius 1 is 1.24 bits per heavy atom. The highest BCUT2D eigenvalue weighted by Gasteiger charge is 2.36. The Morgan fingerprint density at radius 2 is 1.95 bits per heavy atom. The van der Waals surface area contributed by atoms with Gasteiger partial charge in [-0.2, -0.15) is 0 Å². The predicted molar refractivity (Wildman–Crippen MR) is 85.2 cm³/mol. The molecular weight excluding hydrogens is 265 g/mol. The summed E-state index contributed by atoms with van der Waals surface area (Å²) < 4.78 is 19.6. The van der Waals surface area contributed by atoms with Crippen molar-refractivity contribution in [1.82, 2.24) is 5.32 Å². The molecule has 1 aromatic carbocycles. The van der Waals surface area contributed by atoms with Crippen LogP contribution < -0.4 is 10.1 Å². The molecule has 3 atom stereocenters. The molecule has 1 saturated carbocycles. The van der Waals surface area contributed by atoms with Gasteiger partial charge in [0.15, 0.2) is 0 Å². The third kappa shape index (κ3) is 3.97. The molecule has 0 saturated heterocycles. The molecule has 118 valence electrons. The van der Waals surface area contributed by atoms with E-state index in [1.807, 2.05) is 7.05 Å². The van der Waals surface area contributed by atoms with E-state index in [0.29, 0.717) is 22.9 Å². The van der Waals surface area contributed by atoms with Crippen molar-refractivity contribution in [3.63, 3.8) is 0 Å². The largest absolute Gasteiger partial charge is 0.489 e. The number of ether oxygens (including phenoxy) is 1. The SMILES string of the molecule is CNC1CCC(C(C)(C)C)CC1Oc1ccc(F)c(C)c1. The van der Waals surface area contributed by atoms with Crippen molar-refractivity contribution in [3.8, 4) is 5.75 Å². The molecule has 1 aliphatic carbocycles. The zero-order chi connectivity index (χ0) is 15.6. The Labute approximate surface area is 128 Å². The fraction of sp³-hybridized carbons (Fsp3) is 0.667. The maximum atomic E-state index is 13.4. The monoisotopic (exact) mass is 293 g/mol. The lowest BCUT2D eigenvalue weighted by molar-refractivity contribution is 0.0495. The van der Waals surface area contributed by atoms with Crippen molar-refractivity contribution >= 4 is 0 Å². The molecule has 0 aromatic heterocycles. The maximum Gasteiger partial charge on any atom is 0.126 e. The Bertz CT molecular complexity index is 481. The van der Waals surface area contributed by atoms with E-state index in [0.717, 1.165) is 18.6 Å². The van der Waals surface area contributed by atoms with Gasteiger partial charge >= 0.3 is 0 Å². The zero-order valence-electron chi connectivity index (χ0n) is 13.9. The van der Waals surface area contributed by atoms with Gasteiger partial charge in [0, 0.05) is 6.04 Å². The van der Waals surface area contributed by atoms with Gasteiger partial charge in [-0.1, -0.05) is 20.8 Å². The third-order valence-electron chi connectivity index (χ3n) is 4.80. The van der Waals surface area contributed by atoms with Crippen LogP contribution in [-0.4, -0.2) is 19.2 Å². The Kier molecular flexibility index (Phi) is 4.92. The topological polar surface area (TPSA) is 21.3 Å². The molecule has 1 aliphatic rings. The second kappa shape index (κ2) is 6.35. The number of halogens is 1. The molecule has 1 fully saturated rings. The summed E-state index contributed by atoms with van der Waals surface area (Å²) in [5.41, 5.74) is 0.940. The number of likely N-dealkylation sites (N-methyl/N-ethyl adjacent to an activating group) is 1. The first-order valence-electron chi connectivity index (χ1n) is 7.91. The van der Waals surface area contributed by atoms with Crippen molar-refractivity contribution in [2.45, 2.75) is 59.1 Å². The third-order valence-corrected chi connectivity index (χ3v) is 4.80. The van der Waals surface area contributed by atoms with Gasteiger partial charge in [-0.3, -0.25) is 0 Å². The van der Waals surface area contributed by atoms with E-state index in [9.17, 15) is 4.39 Å². The van der Waals surface area contributed by atoms with Crippen LogP contribution in [0.15, 0.2) is 18.2 Å². The van der Waals surface area contributed by atoms with Crippen molar-refractivity contribution in [2.24, 2.45) is 11.3 Å². The van der Waals surface area contributed by atoms with Crippen molar-refractivity contribution in [1.29, 1.82) is 0 Å². The summed E-state index contributed by atoms with van der Waals surface area (Å²) >= 11 is 0. The minimum atomic E-state index is -0.177. The molecule has 21 heavy (non-hydrogen) atoms. The van der Waals surface area contributed by atoms with Crippen LogP contribution in [0.5, 0.6) is 5.75 Å². The summed E-state index contributed by atoms with van der Waals surface area (Å²) in [6.45, 7) is 8.68. The van der Waals surface area contributed by atoms with Crippen LogP contribution in [0.2, 0.25) is 0 Å². The fourth-order valence-electron chi connectivity index (χ4n) is 3.24. The molecule has 0 aliphatic heterocycles. The number of hydrogen-bond acceptors (Lipinski definition) is 2. The standard InChI is InChI=1S/C18H28FNO/c1-12-10-14(7-8-15(12)19)21-17-11-13(18(2,3)4)6-9-16(17)20-5/h7-8,10,13,16-17,20H,6,9,11H2,1-5H3. The van der Waals surface area contributed by atoms with Crippen molar-refractivity contribution in [2.75, 3.05) is 7.05 Å². The molecule has 2 rings (SSSR count). The minimum absolute atomic E-state index is 0.151. The average Bonchev–Trinajstić information content (AvgIpc) is 2.42. The summed E-state index contributed by atoms with van der Waals surface area (Å²) in [5, 5.41) is 3.37. The van der Waals surface area contributed by atoms with Crippen LogP contribution in [0.1, 0.15) is 45.6 Å². The van der Waals surface area contributed by atoms with Crippen LogP contribution in [0.4, 0.5) is 4.39 Å². The van der Waals surface area contributed by atoms with Crippen LogP contribution in [0.3, 0.4) is 0 Å². The Morgan fingerprint density at radius 3 is 2.52 bits per heavy atom. The first-order chi connectivity index (χ1) is 9.81. The maximum absolute atomic E-state index is 13.4. The molecule has 3 unspecified atom stereocenters. The molecule has 1 N–H and O–H groups in total. The average molecular weight is 293 g/mol. The highest BCUT2D eigenvalue weighted by Crippen LogP contribution is 2.39. The molecular formula is C18H28FNO. The van der Waals surface area contributed by atoms with Gasteiger partial charge in [0.2, 0.25) is 0 Å². The van der Waals surface area contributed by atoms with E-state index >= 15 is 0 Å². The van der Waals surface area contributed by atoms with Gasteiger partial charge in [0.25, 0.3) is 0 Å². The van der Waals surface area contributed by atoms with Gasteiger partial charge in [-0.15, -0.1) is 0 Å². The van der Waals surface area contributed by atoms with Gasteiger partial charge in [-0.05, 0) is 68.3 Å². The van der Waals surface area contributed by atoms with Crippen molar-refractivity contribution < 1.29 is 9.13 Å². The zero-order valence-corrected chi connectivity index (χ0v) is 13.9. The summed E-state index contributed by atoms with van der Waals surface area (Å²) in [5.74, 6) is 1.26. The smallest absolute Gasteiger partial charge is 0.126 e. The highest BCUT2D eigenvalue weighted by molar-refractivity contribution is 5.29. The van der Waals surface area contributed by atoms with Crippen LogP contribution >= 0.6 is 0 Å². The second-order valence-electron chi connectivity index (χ2n) is 7.34. The van der Waals surface area contributed by atoms with Crippen LogP contribution in [0, 0.1) is 24.1 Å². The number of aryl methyl sites for hydroxylation is 1. The minimum Gasteiger partial charge on any atom is -0.489 e. The summed E-state index contributed by atoms with van der Waals surface area (Å²) in [6.07, 6.45) is 3.56. The quantitative estimate of drug-likeness (QED) is 0.896. The lowest BCUT2D eigenvalue weighted by Crippen LogP contribution is -2.47. The Hall–Kier alpha value is -1.09. The number of hydrogen-bond donors (Lipinski definition) is 1. The van der Waals surface area contributed by atoms with Gasteiger partial charge in [-0.25, -0.2) is 4.39 Å². The summed E-state index contributed by atoms with van der Waals surface area (Å²) in [4.78, 5) is 0. The predicted octanol–water partition coefficient (Wildman–Crippen LogP) is 4.32. The Balaban J connectivity index is 2.12. The van der Waals surface area contributed by atoms with E-state index in [1.54, 1.807) is 19.1 Å². The summed E-state index contributed by atoms with van der Waals surface area (Å²) in [6, 6.07) is 5.38. The van der Waals surface area contributed by atoms with Gasteiger partial charge < -0.3 is 10.1 Å². The van der Waals surface area contributed by atoms with Gasteiger partial charge in [0.05, 0.1) is 0 Å². The van der Waals surface area contributed by atoms with Crippen LogP contribution in [-0.2, 0) is 0 Å². The molecule has 2 nitrogen and oxygen atoms in total. The first kappa shape index (κ1) is 16.3. The first-order valence-corrected chi connectivity index (χ1v) is 7.91. The number of benzene rings is 1. The lowest BCUT2D eigenvalue weighted by atomic mass is 9.70. The van der Waals surface area contributed by atoms with E-state index in [-0.39, 0.29) is 11.9 Å². The molecule has 0 spiro atoms. The van der Waals surface area contributed by atoms with E-state index in [2.05, 4.69) is 26.1 Å². The fourth-order valence-corrected chi connectivity index (χ4v) is 3.24. The van der Waals surface area contributed by atoms with E-state index in [4.69, 9.17) is 4.74 Å². The number of rotatable bonds is 3. The van der Waals surface area contributed by atoms with E-state index in [1.165, 1.54) is 12.5 Å². The van der Waals surface area contributed by atoms with E-state index < -0.39 is 0 Å². The molecule has 0 bridgehead atoms. The van der Waals surface area contributed by atoms with Crippen LogP contribution in [0.25, 0.3) is 0 Å². The molecule has 3 heteroatoms. The molecule has 0 heterocycles. The highest BCUT2D eigenvalue weighted by atomic mass is 19.1. The second-order valence-corrected chi connectivity index (χ2v) is 7.34. The van der Waals surface area contributed by atoms with Gasteiger partial charge in [0.1, 0.15) is 17.7 Å². The molecule has 1 aromatic rings. The lowest BCUT2D eigenvalue weighted by Gasteiger charge is -2.41. The number of nitrogens with one attached hydrogen (secondary N) is 1. The molecule has 0 amide bonds. The normalized spacial score (nSPS) is 26.7. The molecule has 0 radical (unpaired) electrons.